The van der Waals surface area contributed by atoms with E-state index < -0.39 is 10.0 Å². The van der Waals surface area contributed by atoms with Crippen LogP contribution in [0.4, 0.5) is 0 Å². The van der Waals surface area contributed by atoms with Crippen molar-refractivity contribution in [3.63, 3.8) is 0 Å². The van der Waals surface area contributed by atoms with E-state index in [2.05, 4.69) is 25.2 Å². The van der Waals surface area contributed by atoms with Crippen molar-refractivity contribution >= 4 is 37.0 Å². The molecule has 0 saturated carbocycles. The third-order valence-electron chi connectivity index (χ3n) is 4.44. The van der Waals surface area contributed by atoms with E-state index in [9.17, 15) is 8.42 Å². The molecule has 4 rings (SSSR count). The van der Waals surface area contributed by atoms with Crippen LogP contribution in [0.1, 0.15) is 0 Å². The van der Waals surface area contributed by atoms with Gasteiger partial charge in [-0.2, -0.15) is 0 Å². The fourth-order valence-electron chi connectivity index (χ4n) is 3.10. The van der Waals surface area contributed by atoms with Crippen molar-refractivity contribution in [1.82, 2.24) is 14.3 Å². The van der Waals surface area contributed by atoms with Crippen LogP contribution >= 0.6 is 15.9 Å². The Morgan fingerprint density at radius 1 is 0.893 bits per heavy atom. The van der Waals surface area contributed by atoms with Crippen LogP contribution in [0.15, 0.2) is 88.2 Å². The Labute approximate surface area is 172 Å². The molecule has 0 saturated heterocycles. The lowest BCUT2D eigenvalue weighted by molar-refractivity contribution is 0.574. The molecule has 0 radical (unpaired) electrons. The maximum absolute atomic E-state index is 12.5. The number of rotatable bonds is 6. The number of para-hydroxylation sites is 2. The Kier molecular flexibility index (Phi) is 5.30. The number of imidazole rings is 1. The average molecular weight is 456 g/mol. The molecule has 0 aliphatic heterocycles. The molecule has 1 aromatic heterocycles. The van der Waals surface area contributed by atoms with Crippen LogP contribution < -0.4 is 4.72 Å². The first-order valence-electron chi connectivity index (χ1n) is 8.80. The number of nitrogens with one attached hydrogen (secondary N) is 1. The standard InChI is InChI=1S/C21H18BrN3O2S/c22-17-10-12-18(13-11-17)28(26,27)23-14-15-25-20-9-5-4-8-19(20)24-21(25)16-6-2-1-3-7-16/h1-13,23H,14-15H2. The summed E-state index contributed by atoms with van der Waals surface area (Å²) in [6, 6.07) is 24.4. The Morgan fingerprint density at radius 2 is 1.57 bits per heavy atom. The third kappa shape index (κ3) is 3.87. The normalized spacial score (nSPS) is 11.8. The third-order valence-corrected chi connectivity index (χ3v) is 6.44. The largest absolute Gasteiger partial charge is 0.323 e. The maximum Gasteiger partial charge on any atom is 0.240 e. The van der Waals surface area contributed by atoms with Crippen molar-refractivity contribution in [2.45, 2.75) is 11.4 Å². The van der Waals surface area contributed by atoms with Crippen molar-refractivity contribution in [3.05, 3.63) is 83.3 Å². The molecule has 5 nitrogen and oxygen atoms in total. The number of fused-ring (bicyclic) bond motifs is 1. The van der Waals surface area contributed by atoms with Crippen LogP contribution in [0.5, 0.6) is 0 Å². The van der Waals surface area contributed by atoms with E-state index in [1.54, 1.807) is 24.3 Å². The van der Waals surface area contributed by atoms with Crippen LogP contribution in [0, 0.1) is 0 Å². The number of hydrogen-bond donors (Lipinski definition) is 1. The van der Waals surface area contributed by atoms with Gasteiger partial charge < -0.3 is 4.57 Å². The number of aromatic nitrogens is 2. The molecule has 0 aliphatic carbocycles. The Hall–Kier alpha value is -2.48. The Balaban J connectivity index is 1.60. The van der Waals surface area contributed by atoms with E-state index in [-0.39, 0.29) is 11.4 Å². The van der Waals surface area contributed by atoms with Crippen molar-refractivity contribution in [2.24, 2.45) is 0 Å². The molecule has 0 aliphatic rings. The molecule has 0 spiro atoms. The lowest BCUT2D eigenvalue weighted by Crippen LogP contribution is -2.27. The maximum atomic E-state index is 12.5. The molecule has 28 heavy (non-hydrogen) atoms. The molecule has 0 unspecified atom stereocenters. The first-order chi connectivity index (χ1) is 13.5. The van der Waals surface area contributed by atoms with E-state index in [0.29, 0.717) is 6.54 Å². The predicted octanol–water partition coefficient (Wildman–Crippen LogP) is 4.44. The van der Waals surface area contributed by atoms with E-state index in [4.69, 9.17) is 4.98 Å². The zero-order chi connectivity index (χ0) is 19.6. The van der Waals surface area contributed by atoms with Crippen molar-refractivity contribution < 1.29 is 8.42 Å². The summed E-state index contributed by atoms with van der Waals surface area (Å²) in [5.41, 5.74) is 2.86. The zero-order valence-electron chi connectivity index (χ0n) is 14.9. The number of halogens is 1. The fraction of sp³-hybridized carbons (Fsp3) is 0.0952. The summed E-state index contributed by atoms with van der Waals surface area (Å²) in [6.07, 6.45) is 0. The lowest BCUT2D eigenvalue weighted by atomic mass is 10.2. The molecular formula is C21H18BrN3O2S. The highest BCUT2D eigenvalue weighted by molar-refractivity contribution is 9.10. The molecule has 1 N–H and O–H groups in total. The quantitative estimate of drug-likeness (QED) is 0.467. The van der Waals surface area contributed by atoms with Crippen LogP contribution in [-0.4, -0.2) is 24.5 Å². The van der Waals surface area contributed by atoms with Gasteiger partial charge in [0.05, 0.1) is 15.9 Å². The van der Waals surface area contributed by atoms with Gasteiger partial charge in [0.25, 0.3) is 0 Å². The van der Waals surface area contributed by atoms with Crippen LogP contribution in [-0.2, 0) is 16.6 Å². The van der Waals surface area contributed by atoms with E-state index in [1.165, 1.54) is 0 Å². The van der Waals surface area contributed by atoms with Crippen molar-refractivity contribution in [1.29, 1.82) is 0 Å². The molecule has 142 valence electrons. The topological polar surface area (TPSA) is 64.0 Å². The fourth-order valence-corrected chi connectivity index (χ4v) is 4.38. The van der Waals surface area contributed by atoms with Gasteiger partial charge in [-0.1, -0.05) is 58.4 Å². The summed E-state index contributed by atoms with van der Waals surface area (Å²) in [4.78, 5) is 4.99. The second kappa shape index (κ2) is 7.87. The van der Waals surface area contributed by atoms with Gasteiger partial charge in [0.1, 0.15) is 5.82 Å². The number of nitrogens with zero attached hydrogens (tertiary/aromatic N) is 2. The zero-order valence-corrected chi connectivity index (χ0v) is 17.3. The SMILES string of the molecule is O=S(=O)(NCCn1c(-c2ccccc2)nc2ccccc21)c1ccc(Br)cc1. The van der Waals surface area contributed by atoms with Gasteiger partial charge in [0, 0.05) is 23.1 Å². The summed E-state index contributed by atoms with van der Waals surface area (Å²) in [6.45, 7) is 0.735. The molecule has 0 fully saturated rings. The van der Waals surface area contributed by atoms with Crippen molar-refractivity contribution in [2.75, 3.05) is 6.54 Å². The molecular weight excluding hydrogens is 438 g/mol. The molecule has 7 heteroatoms. The predicted molar refractivity (Wildman–Crippen MR) is 114 cm³/mol. The van der Waals surface area contributed by atoms with Gasteiger partial charge in [0.2, 0.25) is 10.0 Å². The van der Waals surface area contributed by atoms with Crippen molar-refractivity contribution in [3.8, 4) is 11.4 Å². The summed E-state index contributed by atoms with van der Waals surface area (Å²) < 4.78 is 30.7. The smallest absolute Gasteiger partial charge is 0.240 e. The average Bonchev–Trinajstić information content (AvgIpc) is 3.08. The minimum absolute atomic E-state index is 0.245. The van der Waals surface area contributed by atoms with Crippen LogP contribution in [0.3, 0.4) is 0 Å². The second-order valence-corrected chi connectivity index (χ2v) is 8.98. The van der Waals surface area contributed by atoms with Gasteiger partial charge in [-0.05, 0) is 36.4 Å². The molecule has 0 amide bonds. The van der Waals surface area contributed by atoms with E-state index in [1.807, 2.05) is 54.6 Å². The summed E-state index contributed by atoms with van der Waals surface area (Å²) in [5.74, 6) is 0.824. The first kappa shape index (κ1) is 18.9. The summed E-state index contributed by atoms with van der Waals surface area (Å²) in [5, 5.41) is 0. The highest BCUT2D eigenvalue weighted by atomic mass is 79.9. The second-order valence-electron chi connectivity index (χ2n) is 6.29. The number of sulfonamides is 1. The minimum Gasteiger partial charge on any atom is -0.323 e. The van der Waals surface area contributed by atoms with Gasteiger partial charge in [-0.15, -0.1) is 0 Å². The molecule has 0 bridgehead atoms. The Bertz CT molecular complexity index is 1200. The van der Waals surface area contributed by atoms with E-state index >= 15 is 0 Å². The van der Waals surface area contributed by atoms with Gasteiger partial charge in [0.15, 0.2) is 0 Å². The minimum atomic E-state index is -3.57. The lowest BCUT2D eigenvalue weighted by Gasteiger charge is -2.11. The molecule has 0 atom stereocenters. The van der Waals surface area contributed by atoms with Gasteiger partial charge in [-0.3, -0.25) is 0 Å². The van der Waals surface area contributed by atoms with Crippen LogP contribution in [0.25, 0.3) is 22.4 Å². The monoisotopic (exact) mass is 455 g/mol. The first-order valence-corrected chi connectivity index (χ1v) is 11.1. The molecule has 1 heterocycles. The molecule has 4 aromatic rings. The van der Waals surface area contributed by atoms with Crippen LogP contribution in [0.2, 0.25) is 0 Å². The molecule has 3 aromatic carbocycles. The Morgan fingerprint density at radius 3 is 2.32 bits per heavy atom. The highest BCUT2D eigenvalue weighted by Gasteiger charge is 2.15. The van der Waals surface area contributed by atoms with Gasteiger partial charge in [-0.25, -0.2) is 18.1 Å². The van der Waals surface area contributed by atoms with E-state index in [0.717, 1.165) is 26.9 Å². The highest BCUT2D eigenvalue weighted by Crippen LogP contribution is 2.24. The summed E-state index contributed by atoms with van der Waals surface area (Å²) >= 11 is 3.32. The summed E-state index contributed by atoms with van der Waals surface area (Å²) in [7, 11) is -3.57. The number of benzene rings is 3. The number of hydrogen-bond acceptors (Lipinski definition) is 3. The van der Waals surface area contributed by atoms with Gasteiger partial charge >= 0.3 is 0 Å².